The number of fused-ring (bicyclic) bond motifs is 1. The van der Waals surface area contributed by atoms with Crippen molar-refractivity contribution in [1.82, 2.24) is 0 Å². The van der Waals surface area contributed by atoms with Gasteiger partial charge in [-0.15, -0.1) is 11.3 Å². The average Bonchev–Trinajstić information content (AvgIpc) is 2.48. The van der Waals surface area contributed by atoms with Crippen molar-refractivity contribution in [2.45, 2.75) is 5.33 Å². The molecule has 0 aliphatic rings. The predicted octanol–water partition coefficient (Wildman–Crippen LogP) is 3.64. The molecule has 4 heteroatoms. The zero-order valence-electron chi connectivity index (χ0n) is 6.55. The SMILES string of the molecule is Oc1ccc2c(F)csc2c1CBr. The Bertz CT molecular complexity index is 452. The molecule has 0 aliphatic carbocycles. The summed E-state index contributed by atoms with van der Waals surface area (Å²) in [6, 6.07) is 3.12. The van der Waals surface area contributed by atoms with E-state index in [0.29, 0.717) is 10.7 Å². The third-order valence-corrected chi connectivity index (χ3v) is 3.49. The van der Waals surface area contributed by atoms with Crippen molar-refractivity contribution in [2.24, 2.45) is 0 Å². The van der Waals surface area contributed by atoms with E-state index in [4.69, 9.17) is 0 Å². The van der Waals surface area contributed by atoms with Gasteiger partial charge in [-0.3, -0.25) is 0 Å². The molecule has 13 heavy (non-hydrogen) atoms. The molecule has 0 saturated carbocycles. The topological polar surface area (TPSA) is 20.2 Å². The van der Waals surface area contributed by atoms with E-state index in [1.807, 2.05) is 0 Å². The largest absolute Gasteiger partial charge is 0.508 e. The van der Waals surface area contributed by atoms with Crippen LogP contribution in [0.1, 0.15) is 5.56 Å². The first-order chi connectivity index (χ1) is 6.24. The van der Waals surface area contributed by atoms with Gasteiger partial charge in [-0.05, 0) is 12.1 Å². The lowest BCUT2D eigenvalue weighted by atomic mass is 10.1. The second-order valence-corrected chi connectivity index (χ2v) is 4.10. The maximum absolute atomic E-state index is 13.1. The first kappa shape index (κ1) is 8.97. The number of phenolic OH excluding ortho intramolecular Hbond substituents is 1. The van der Waals surface area contributed by atoms with Crippen LogP contribution in [0, 0.1) is 5.82 Å². The van der Waals surface area contributed by atoms with Crippen molar-refractivity contribution in [3.05, 3.63) is 28.9 Å². The van der Waals surface area contributed by atoms with Crippen LogP contribution in [0.3, 0.4) is 0 Å². The number of aromatic hydroxyl groups is 1. The summed E-state index contributed by atoms with van der Waals surface area (Å²) in [5.74, 6) is -0.00609. The zero-order chi connectivity index (χ0) is 9.42. The Morgan fingerprint density at radius 3 is 2.92 bits per heavy atom. The molecule has 0 fully saturated rings. The number of benzene rings is 1. The van der Waals surface area contributed by atoms with Crippen molar-refractivity contribution in [3.8, 4) is 5.75 Å². The molecule has 1 heterocycles. The van der Waals surface area contributed by atoms with Crippen LogP contribution in [0.4, 0.5) is 4.39 Å². The normalized spacial score (nSPS) is 10.9. The third kappa shape index (κ3) is 1.34. The summed E-state index contributed by atoms with van der Waals surface area (Å²) in [6.45, 7) is 0. The van der Waals surface area contributed by atoms with Crippen LogP contribution in [0.2, 0.25) is 0 Å². The molecule has 2 rings (SSSR count). The fourth-order valence-electron chi connectivity index (χ4n) is 1.24. The van der Waals surface area contributed by atoms with E-state index in [1.54, 1.807) is 6.07 Å². The van der Waals surface area contributed by atoms with Crippen LogP contribution in [0.5, 0.6) is 5.75 Å². The van der Waals surface area contributed by atoms with Gasteiger partial charge in [0, 0.05) is 26.4 Å². The van der Waals surface area contributed by atoms with Crippen LogP contribution >= 0.6 is 27.3 Å². The lowest BCUT2D eigenvalue weighted by Crippen LogP contribution is -1.79. The van der Waals surface area contributed by atoms with E-state index in [0.717, 1.165) is 10.3 Å². The summed E-state index contributed by atoms with van der Waals surface area (Å²) in [5.41, 5.74) is 0.756. The van der Waals surface area contributed by atoms with Gasteiger partial charge in [0.1, 0.15) is 11.6 Å². The van der Waals surface area contributed by atoms with Gasteiger partial charge < -0.3 is 5.11 Å². The van der Waals surface area contributed by atoms with Crippen molar-refractivity contribution < 1.29 is 9.50 Å². The van der Waals surface area contributed by atoms with Gasteiger partial charge in [0.05, 0.1) is 0 Å². The lowest BCUT2D eigenvalue weighted by Gasteiger charge is -2.01. The Hall–Kier alpha value is -0.610. The summed E-state index contributed by atoms with van der Waals surface area (Å²) < 4.78 is 13.9. The number of alkyl halides is 1. The van der Waals surface area contributed by atoms with E-state index < -0.39 is 0 Å². The minimum Gasteiger partial charge on any atom is -0.508 e. The first-order valence-electron chi connectivity index (χ1n) is 3.67. The molecule has 0 unspecified atom stereocenters. The monoisotopic (exact) mass is 260 g/mol. The molecule has 1 nitrogen and oxygen atoms in total. The lowest BCUT2D eigenvalue weighted by molar-refractivity contribution is 0.472. The maximum Gasteiger partial charge on any atom is 0.141 e. The van der Waals surface area contributed by atoms with Gasteiger partial charge in [0.15, 0.2) is 0 Å². The first-order valence-corrected chi connectivity index (χ1v) is 5.67. The summed E-state index contributed by atoms with van der Waals surface area (Å²) in [4.78, 5) is 0. The minimum atomic E-state index is -0.220. The predicted molar refractivity (Wildman–Crippen MR) is 56.1 cm³/mol. The summed E-state index contributed by atoms with van der Waals surface area (Å²) in [5, 5.41) is 12.0. The van der Waals surface area contributed by atoms with Gasteiger partial charge in [0.2, 0.25) is 0 Å². The molecular weight excluding hydrogens is 255 g/mol. The van der Waals surface area contributed by atoms with Gasteiger partial charge >= 0.3 is 0 Å². The van der Waals surface area contributed by atoms with Crippen LogP contribution in [0.15, 0.2) is 17.5 Å². The van der Waals surface area contributed by atoms with Gasteiger partial charge in [-0.2, -0.15) is 0 Å². The Labute approximate surface area is 86.9 Å². The molecule has 0 saturated heterocycles. The quantitative estimate of drug-likeness (QED) is 0.777. The van der Waals surface area contributed by atoms with E-state index in [9.17, 15) is 9.50 Å². The van der Waals surface area contributed by atoms with Crippen LogP contribution in [-0.2, 0) is 5.33 Å². The van der Waals surface area contributed by atoms with Crippen molar-refractivity contribution in [1.29, 1.82) is 0 Å². The van der Waals surface area contributed by atoms with Crippen LogP contribution in [-0.4, -0.2) is 5.11 Å². The second kappa shape index (κ2) is 3.27. The van der Waals surface area contributed by atoms with Gasteiger partial charge in [0.25, 0.3) is 0 Å². The molecule has 0 bridgehead atoms. The highest BCUT2D eigenvalue weighted by molar-refractivity contribution is 9.08. The van der Waals surface area contributed by atoms with E-state index in [1.165, 1.54) is 22.8 Å². The molecule has 0 aliphatic heterocycles. The number of halogens is 2. The highest BCUT2D eigenvalue weighted by atomic mass is 79.9. The smallest absolute Gasteiger partial charge is 0.141 e. The molecule has 2 aromatic rings. The van der Waals surface area contributed by atoms with E-state index >= 15 is 0 Å². The van der Waals surface area contributed by atoms with Crippen molar-refractivity contribution in [2.75, 3.05) is 0 Å². The fourth-order valence-corrected chi connectivity index (χ4v) is 2.96. The molecule has 0 amide bonds. The number of phenols is 1. The standard InChI is InChI=1S/C9H6BrFOS/c10-3-6-8(12)2-1-5-7(11)4-13-9(5)6/h1-2,4,12H,3H2. The maximum atomic E-state index is 13.1. The summed E-state index contributed by atoms with van der Waals surface area (Å²) in [6.07, 6.45) is 0. The van der Waals surface area contributed by atoms with Gasteiger partial charge in [-0.1, -0.05) is 15.9 Å². The number of hydrogen-bond donors (Lipinski definition) is 1. The third-order valence-electron chi connectivity index (χ3n) is 1.91. The molecule has 68 valence electrons. The van der Waals surface area contributed by atoms with Gasteiger partial charge in [-0.25, -0.2) is 4.39 Å². The van der Waals surface area contributed by atoms with Crippen LogP contribution < -0.4 is 0 Å². The zero-order valence-corrected chi connectivity index (χ0v) is 8.95. The fraction of sp³-hybridized carbons (Fsp3) is 0.111. The van der Waals surface area contributed by atoms with E-state index in [-0.39, 0.29) is 11.6 Å². The molecule has 0 atom stereocenters. The Morgan fingerprint density at radius 1 is 1.46 bits per heavy atom. The second-order valence-electron chi connectivity index (χ2n) is 2.66. The molecule has 1 N–H and O–H groups in total. The highest BCUT2D eigenvalue weighted by Crippen LogP contribution is 2.34. The molecule has 1 aromatic carbocycles. The summed E-state index contributed by atoms with van der Waals surface area (Å²) >= 11 is 4.58. The highest BCUT2D eigenvalue weighted by Gasteiger charge is 2.10. The Balaban J connectivity index is 2.85. The number of hydrogen-bond acceptors (Lipinski definition) is 2. The number of thiophene rings is 1. The van der Waals surface area contributed by atoms with E-state index in [2.05, 4.69) is 15.9 Å². The Morgan fingerprint density at radius 2 is 2.23 bits per heavy atom. The molecular formula is C9H6BrFOS. The molecule has 0 spiro atoms. The van der Waals surface area contributed by atoms with Crippen molar-refractivity contribution >= 4 is 37.4 Å². The molecule has 1 aromatic heterocycles. The number of rotatable bonds is 1. The van der Waals surface area contributed by atoms with Crippen molar-refractivity contribution in [3.63, 3.8) is 0 Å². The minimum absolute atomic E-state index is 0.214. The Kier molecular flexibility index (Phi) is 2.26. The summed E-state index contributed by atoms with van der Waals surface area (Å²) in [7, 11) is 0. The molecule has 0 radical (unpaired) electrons. The van der Waals surface area contributed by atoms with Crippen LogP contribution in [0.25, 0.3) is 10.1 Å². The average molecular weight is 261 g/mol.